The Hall–Kier alpha value is -1.98. The fraction of sp³-hybridized carbons (Fsp3) is 0.250. The number of aryl methyl sites for hydroxylation is 1. The monoisotopic (exact) mass is 255 g/mol. The quantitative estimate of drug-likeness (QED) is 0.865. The van der Waals surface area contributed by atoms with E-state index in [1.807, 2.05) is 6.92 Å². The van der Waals surface area contributed by atoms with E-state index in [1.165, 1.54) is 6.07 Å². The lowest BCUT2D eigenvalue weighted by molar-refractivity contribution is -0.137. The summed E-state index contributed by atoms with van der Waals surface area (Å²) in [7, 11) is 0. The van der Waals surface area contributed by atoms with E-state index in [1.54, 1.807) is 6.07 Å². The zero-order valence-corrected chi connectivity index (χ0v) is 9.67. The van der Waals surface area contributed by atoms with Crippen molar-refractivity contribution in [1.29, 1.82) is 0 Å². The fourth-order valence-electron chi connectivity index (χ4n) is 1.72. The molecular formula is C12H12F3N3. The van der Waals surface area contributed by atoms with Crippen molar-refractivity contribution in [3.8, 4) is 11.3 Å². The first kappa shape index (κ1) is 12.5. The van der Waals surface area contributed by atoms with Gasteiger partial charge < -0.3 is 5.73 Å². The second-order valence-electron chi connectivity index (χ2n) is 3.90. The van der Waals surface area contributed by atoms with E-state index in [2.05, 4.69) is 10.2 Å². The number of alkyl halides is 3. The van der Waals surface area contributed by atoms with Gasteiger partial charge in [-0.3, -0.25) is 5.10 Å². The highest BCUT2D eigenvalue weighted by Crippen LogP contribution is 2.33. The molecule has 0 bridgehead atoms. The third-order valence-electron chi connectivity index (χ3n) is 2.70. The summed E-state index contributed by atoms with van der Waals surface area (Å²) in [5.41, 5.74) is 6.97. The van der Waals surface area contributed by atoms with Crippen molar-refractivity contribution in [1.82, 2.24) is 10.2 Å². The van der Waals surface area contributed by atoms with Gasteiger partial charge in [-0.1, -0.05) is 19.1 Å². The molecule has 2 aromatic rings. The molecule has 96 valence electrons. The van der Waals surface area contributed by atoms with E-state index >= 15 is 0 Å². The van der Waals surface area contributed by atoms with Crippen LogP contribution in [0.25, 0.3) is 11.3 Å². The second-order valence-corrected chi connectivity index (χ2v) is 3.90. The van der Waals surface area contributed by atoms with Crippen molar-refractivity contribution in [3.63, 3.8) is 0 Å². The maximum absolute atomic E-state index is 12.6. The molecule has 6 heteroatoms. The summed E-state index contributed by atoms with van der Waals surface area (Å²) in [5, 5.41) is 6.69. The molecule has 1 heterocycles. The van der Waals surface area contributed by atoms with E-state index in [-0.39, 0.29) is 0 Å². The number of H-pyrrole nitrogens is 1. The molecule has 2 rings (SSSR count). The molecule has 0 unspecified atom stereocenters. The molecule has 0 spiro atoms. The van der Waals surface area contributed by atoms with Crippen molar-refractivity contribution in [2.24, 2.45) is 0 Å². The Morgan fingerprint density at radius 2 is 2.06 bits per heavy atom. The van der Waals surface area contributed by atoms with Gasteiger partial charge in [0, 0.05) is 5.56 Å². The molecule has 0 radical (unpaired) electrons. The van der Waals surface area contributed by atoms with E-state index < -0.39 is 11.7 Å². The molecule has 3 nitrogen and oxygen atoms in total. The van der Waals surface area contributed by atoms with Gasteiger partial charge in [-0.2, -0.15) is 18.3 Å². The van der Waals surface area contributed by atoms with Crippen molar-refractivity contribution in [2.75, 3.05) is 5.73 Å². The maximum Gasteiger partial charge on any atom is 0.416 e. The largest absolute Gasteiger partial charge is 0.416 e. The van der Waals surface area contributed by atoms with Crippen molar-refractivity contribution < 1.29 is 13.2 Å². The summed E-state index contributed by atoms with van der Waals surface area (Å²) >= 11 is 0. The number of hydrogen-bond donors (Lipinski definition) is 2. The van der Waals surface area contributed by atoms with Gasteiger partial charge in [0.2, 0.25) is 0 Å². The molecule has 1 aromatic carbocycles. The smallest absolute Gasteiger partial charge is 0.395 e. The molecule has 18 heavy (non-hydrogen) atoms. The first-order valence-corrected chi connectivity index (χ1v) is 5.43. The summed E-state index contributed by atoms with van der Waals surface area (Å²) in [6.07, 6.45) is -3.72. The van der Waals surface area contributed by atoms with Crippen LogP contribution in [0, 0.1) is 0 Å². The number of aromatic nitrogens is 2. The Morgan fingerprint density at radius 1 is 1.33 bits per heavy atom. The third-order valence-corrected chi connectivity index (χ3v) is 2.70. The molecule has 0 saturated heterocycles. The van der Waals surface area contributed by atoms with E-state index in [4.69, 9.17) is 5.73 Å². The Morgan fingerprint density at radius 3 is 2.61 bits per heavy atom. The van der Waals surface area contributed by atoms with E-state index in [0.29, 0.717) is 23.4 Å². The Kier molecular flexibility index (Phi) is 3.02. The van der Waals surface area contributed by atoms with Crippen molar-refractivity contribution >= 4 is 5.69 Å². The van der Waals surface area contributed by atoms with E-state index in [9.17, 15) is 13.2 Å². The van der Waals surface area contributed by atoms with Crippen molar-refractivity contribution in [3.05, 3.63) is 35.5 Å². The molecule has 0 aliphatic rings. The standard InChI is InChI=1S/C12H12F3N3/c1-2-9-10(16)11(18-17-9)7-4-3-5-8(6-7)12(13,14)15/h3-6H,2,16H2,1H3,(H,17,18). The number of nitrogens with one attached hydrogen (secondary N) is 1. The number of aromatic amines is 1. The van der Waals surface area contributed by atoms with Crippen LogP contribution in [-0.2, 0) is 12.6 Å². The predicted molar refractivity (Wildman–Crippen MR) is 62.8 cm³/mol. The Balaban J connectivity index is 2.48. The first-order valence-electron chi connectivity index (χ1n) is 5.43. The predicted octanol–water partition coefficient (Wildman–Crippen LogP) is 3.24. The van der Waals surface area contributed by atoms with Crippen LogP contribution in [0.2, 0.25) is 0 Å². The summed E-state index contributed by atoms with van der Waals surface area (Å²) < 4.78 is 37.8. The summed E-state index contributed by atoms with van der Waals surface area (Å²) in [6, 6.07) is 4.97. The molecule has 3 N–H and O–H groups in total. The number of benzene rings is 1. The first-order chi connectivity index (χ1) is 8.43. The fourth-order valence-corrected chi connectivity index (χ4v) is 1.72. The minimum Gasteiger partial charge on any atom is -0.395 e. The van der Waals surface area contributed by atoms with Gasteiger partial charge in [0.15, 0.2) is 0 Å². The third kappa shape index (κ3) is 2.18. The highest BCUT2D eigenvalue weighted by atomic mass is 19.4. The van der Waals surface area contributed by atoms with Crippen LogP contribution in [0.4, 0.5) is 18.9 Å². The Labute approximate surface area is 102 Å². The second kappa shape index (κ2) is 4.36. The highest BCUT2D eigenvalue weighted by Gasteiger charge is 2.30. The molecule has 0 aliphatic heterocycles. The summed E-state index contributed by atoms with van der Waals surface area (Å²) in [4.78, 5) is 0. The van der Waals surface area contributed by atoms with Crippen LogP contribution in [0.3, 0.4) is 0 Å². The average Bonchev–Trinajstić information content (AvgIpc) is 2.69. The molecule has 0 aliphatic carbocycles. The normalized spacial score (nSPS) is 11.8. The number of rotatable bonds is 2. The summed E-state index contributed by atoms with van der Waals surface area (Å²) in [6.45, 7) is 1.89. The van der Waals surface area contributed by atoms with Crippen molar-refractivity contribution in [2.45, 2.75) is 19.5 Å². The molecule has 0 atom stereocenters. The molecule has 0 fully saturated rings. The summed E-state index contributed by atoms with van der Waals surface area (Å²) in [5.74, 6) is 0. The minimum absolute atomic E-state index is 0.359. The highest BCUT2D eigenvalue weighted by molar-refractivity contribution is 5.74. The zero-order valence-electron chi connectivity index (χ0n) is 9.67. The molecule has 0 saturated carbocycles. The van der Waals surface area contributed by atoms with Crippen LogP contribution in [0.15, 0.2) is 24.3 Å². The number of halogens is 3. The molecule has 1 aromatic heterocycles. The Bertz CT molecular complexity index is 558. The topological polar surface area (TPSA) is 54.7 Å². The lowest BCUT2D eigenvalue weighted by atomic mass is 10.1. The van der Waals surface area contributed by atoms with Gasteiger partial charge in [-0.15, -0.1) is 0 Å². The number of nitrogens with zero attached hydrogens (tertiary/aromatic N) is 1. The van der Waals surface area contributed by atoms with Crippen LogP contribution in [0.5, 0.6) is 0 Å². The number of anilines is 1. The average molecular weight is 255 g/mol. The van der Waals surface area contributed by atoms with Gasteiger partial charge in [-0.25, -0.2) is 0 Å². The van der Waals surface area contributed by atoms with E-state index in [0.717, 1.165) is 17.8 Å². The number of nitrogen functional groups attached to an aromatic ring is 1. The molecule has 0 amide bonds. The van der Waals surface area contributed by atoms with Crippen LogP contribution in [0.1, 0.15) is 18.2 Å². The number of hydrogen-bond acceptors (Lipinski definition) is 2. The van der Waals surface area contributed by atoms with Gasteiger partial charge in [0.25, 0.3) is 0 Å². The minimum atomic E-state index is -4.37. The lowest BCUT2D eigenvalue weighted by Gasteiger charge is -2.07. The molecular weight excluding hydrogens is 243 g/mol. The van der Waals surface area contributed by atoms with Gasteiger partial charge in [0.1, 0.15) is 5.69 Å². The maximum atomic E-state index is 12.6. The SMILES string of the molecule is CCc1[nH]nc(-c2cccc(C(F)(F)F)c2)c1N. The van der Waals surface area contributed by atoms with Crippen LogP contribution >= 0.6 is 0 Å². The van der Waals surface area contributed by atoms with Crippen LogP contribution < -0.4 is 5.73 Å². The number of nitrogens with two attached hydrogens (primary N) is 1. The van der Waals surface area contributed by atoms with Gasteiger partial charge in [-0.05, 0) is 18.6 Å². The van der Waals surface area contributed by atoms with Gasteiger partial charge >= 0.3 is 6.18 Å². The zero-order chi connectivity index (χ0) is 13.3. The van der Waals surface area contributed by atoms with Crippen LogP contribution in [-0.4, -0.2) is 10.2 Å². The van der Waals surface area contributed by atoms with Gasteiger partial charge in [0.05, 0.1) is 16.9 Å². The lowest BCUT2D eigenvalue weighted by Crippen LogP contribution is -2.04.